The molecule has 0 fully saturated rings. The Balaban J connectivity index is 2.19. The van der Waals surface area contributed by atoms with Crippen LogP contribution in [0.5, 0.6) is 0 Å². The van der Waals surface area contributed by atoms with Crippen LogP contribution >= 0.6 is 0 Å². The number of benzene rings is 1. The van der Waals surface area contributed by atoms with Crippen LogP contribution in [-0.2, 0) is 0 Å². The first-order chi connectivity index (χ1) is 9.09. The first-order valence-electron chi connectivity index (χ1n) is 6.89. The van der Waals surface area contributed by atoms with Crippen molar-refractivity contribution in [1.82, 2.24) is 5.32 Å². The van der Waals surface area contributed by atoms with Crippen molar-refractivity contribution >= 4 is 11.6 Å². The summed E-state index contributed by atoms with van der Waals surface area (Å²) < 4.78 is 0. The molecule has 3 N–H and O–H groups in total. The zero-order valence-electron chi connectivity index (χ0n) is 12.3. The van der Waals surface area contributed by atoms with Crippen molar-refractivity contribution in [1.29, 1.82) is 0 Å². The van der Waals surface area contributed by atoms with Crippen LogP contribution < -0.4 is 16.0 Å². The predicted molar refractivity (Wildman–Crippen MR) is 83.7 cm³/mol. The van der Waals surface area contributed by atoms with Crippen LogP contribution in [0.15, 0.2) is 35.3 Å². The SMILES string of the molecule is CC(C)CN=C(N)NCCCN(C)c1ccccc1. The van der Waals surface area contributed by atoms with Crippen molar-refractivity contribution in [3.8, 4) is 0 Å². The first-order valence-corrected chi connectivity index (χ1v) is 6.89. The van der Waals surface area contributed by atoms with Crippen molar-refractivity contribution < 1.29 is 0 Å². The fraction of sp³-hybridized carbons (Fsp3) is 0.533. The summed E-state index contributed by atoms with van der Waals surface area (Å²) in [7, 11) is 2.10. The van der Waals surface area contributed by atoms with Gasteiger partial charge in [0.15, 0.2) is 5.96 Å². The van der Waals surface area contributed by atoms with Crippen LogP contribution in [-0.4, -0.2) is 32.6 Å². The largest absolute Gasteiger partial charge is 0.375 e. The van der Waals surface area contributed by atoms with E-state index in [0.29, 0.717) is 11.9 Å². The second kappa shape index (κ2) is 8.40. The van der Waals surface area contributed by atoms with Crippen LogP contribution in [0.4, 0.5) is 5.69 Å². The number of aliphatic imine (C=N–C) groups is 1. The zero-order chi connectivity index (χ0) is 14.1. The van der Waals surface area contributed by atoms with E-state index >= 15 is 0 Å². The number of guanidine groups is 1. The van der Waals surface area contributed by atoms with Crippen molar-refractivity contribution in [2.24, 2.45) is 16.6 Å². The molecule has 0 spiro atoms. The van der Waals surface area contributed by atoms with Crippen molar-refractivity contribution in [3.63, 3.8) is 0 Å². The van der Waals surface area contributed by atoms with Gasteiger partial charge in [0, 0.05) is 32.4 Å². The molecule has 1 aromatic rings. The maximum atomic E-state index is 5.78. The number of nitrogens with one attached hydrogen (secondary N) is 1. The fourth-order valence-corrected chi connectivity index (χ4v) is 1.68. The molecular weight excluding hydrogens is 236 g/mol. The Morgan fingerprint density at radius 1 is 1.32 bits per heavy atom. The van der Waals surface area contributed by atoms with Gasteiger partial charge in [0.1, 0.15) is 0 Å². The molecule has 0 amide bonds. The van der Waals surface area contributed by atoms with Gasteiger partial charge < -0.3 is 16.0 Å². The number of nitrogens with two attached hydrogens (primary N) is 1. The molecule has 106 valence electrons. The minimum Gasteiger partial charge on any atom is -0.375 e. The Kier molecular flexibility index (Phi) is 6.79. The summed E-state index contributed by atoms with van der Waals surface area (Å²) in [6, 6.07) is 10.4. The van der Waals surface area contributed by atoms with Crippen LogP contribution in [0.2, 0.25) is 0 Å². The van der Waals surface area contributed by atoms with E-state index in [1.165, 1.54) is 5.69 Å². The lowest BCUT2D eigenvalue weighted by Gasteiger charge is -2.19. The first kappa shape index (κ1) is 15.3. The van der Waals surface area contributed by atoms with Gasteiger partial charge in [-0.1, -0.05) is 32.0 Å². The molecule has 0 unspecified atom stereocenters. The highest BCUT2D eigenvalue weighted by Gasteiger charge is 1.99. The summed E-state index contributed by atoms with van der Waals surface area (Å²) in [4.78, 5) is 6.51. The van der Waals surface area contributed by atoms with E-state index in [-0.39, 0.29) is 0 Å². The number of hydrogen-bond donors (Lipinski definition) is 2. The van der Waals surface area contributed by atoms with E-state index in [1.54, 1.807) is 0 Å². The van der Waals surface area contributed by atoms with Gasteiger partial charge in [0.05, 0.1) is 0 Å². The highest BCUT2D eigenvalue weighted by molar-refractivity contribution is 5.77. The molecule has 0 aliphatic rings. The van der Waals surface area contributed by atoms with Crippen LogP contribution in [0, 0.1) is 5.92 Å². The van der Waals surface area contributed by atoms with E-state index < -0.39 is 0 Å². The molecular formula is C15H26N4. The molecule has 4 heteroatoms. The molecule has 0 aromatic heterocycles. The summed E-state index contributed by atoms with van der Waals surface area (Å²) in [6.45, 7) is 6.89. The topological polar surface area (TPSA) is 53.6 Å². The number of para-hydroxylation sites is 1. The van der Waals surface area contributed by atoms with E-state index in [2.05, 4.69) is 60.4 Å². The minimum absolute atomic E-state index is 0.546. The van der Waals surface area contributed by atoms with Crippen molar-refractivity contribution in [3.05, 3.63) is 30.3 Å². The highest BCUT2D eigenvalue weighted by Crippen LogP contribution is 2.10. The van der Waals surface area contributed by atoms with Gasteiger partial charge in [-0.2, -0.15) is 0 Å². The number of anilines is 1. The molecule has 0 bridgehead atoms. The molecule has 0 heterocycles. The smallest absolute Gasteiger partial charge is 0.188 e. The van der Waals surface area contributed by atoms with Gasteiger partial charge in [0.2, 0.25) is 0 Å². The summed E-state index contributed by atoms with van der Waals surface area (Å²) in [5.41, 5.74) is 7.02. The van der Waals surface area contributed by atoms with Crippen LogP contribution in [0.1, 0.15) is 20.3 Å². The third-order valence-corrected chi connectivity index (χ3v) is 2.80. The van der Waals surface area contributed by atoms with E-state index in [1.807, 2.05) is 6.07 Å². The van der Waals surface area contributed by atoms with Crippen LogP contribution in [0.3, 0.4) is 0 Å². The molecule has 0 aliphatic heterocycles. The average molecular weight is 262 g/mol. The summed E-state index contributed by atoms with van der Waals surface area (Å²) in [6.07, 6.45) is 1.03. The lowest BCUT2D eigenvalue weighted by Crippen LogP contribution is -2.34. The molecule has 0 saturated carbocycles. The van der Waals surface area contributed by atoms with Gasteiger partial charge in [-0.05, 0) is 24.5 Å². The average Bonchev–Trinajstić information content (AvgIpc) is 2.42. The maximum Gasteiger partial charge on any atom is 0.188 e. The lowest BCUT2D eigenvalue weighted by atomic mass is 10.2. The monoisotopic (exact) mass is 262 g/mol. The second-order valence-electron chi connectivity index (χ2n) is 5.16. The standard InChI is InChI=1S/C15H26N4/c1-13(2)12-18-15(16)17-10-7-11-19(3)14-8-5-4-6-9-14/h4-6,8-9,13H,7,10-12H2,1-3H3,(H3,16,17,18). The Bertz CT molecular complexity index is 373. The molecule has 0 atom stereocenters. The Morgan fingerprint density at radius 2 is 2.00 bits per heavy atom. The second-order valence-corrected chi connectivity index (χ2v) is 5.16. The summed E-state index contributed by atoms with van der Waals surface area (Å²) in [5.74, 6) is 1.10. The quantitative estimate of drug-likeness (QED) is 0.449. The van der Waals surface area contributed by atoms with E-state index in [0.717, 1.165) is 26.1 Å². The molecule has 19 heavy (non-hydrogen) atoms. The maximum absolute atomic E-state index is 5.78. The van der Waals surface area contributed by atoms with Crippen molar-refractivity contribution in [2.45, 2.75) is 20.3 Å². The van der Waals surface area contributed by atoms with E-state index in [4.69, 9.17) is 5.73 Å². The predicted octanol–water partition coefficient (Wildman–Crippen LogP) is 2.07. The molecule has 1 rings (SSSR count). The third-order valence-electron chi connectivity index (χ3n) is 2.80. The Labute approximate surface area is 116 Å². The molecule has 0 radical (unpaired) electrons. The van der Waals surface area contributed by atoms with E-state index in [9.17, 15) is 0 Å². The molecule has 4 nitrogen and oxygen atoms in total. The highest BCUT2D eigenvalue weighted by atomic mass is 15.1. The number of hydrogen-bond acceptors (Lipinski definition) is 2. The van der Waals surface area contributed by atoms with Crippen molar-refractivity contribution in [2.75, 3.05) is 31.6 Å². The van der Waals surface area contributed by atoms with Gasteiger partial charge in [0.25, 0.3) is 0 Å². The molecule has 0 aliphatic carbocycles. The molecule has 1 aromatic carbocycles. The zero-order valence-corrected chi connectivity index (χ0v) is 12.3. The minimum atomic E-state index is 0.546. The molecule has 0 saturated heterocycles. The Morgan fingerprint density at radius 3 is 2.63 bits per heavy atom. The van der Waals surface area contributed by atoms with Gasteiger partial charge in [-0.15, -0.1) is 0 Å². The Hall–Kier alpha value is -1.71. The van der Waals surface area contributed by atoms with Gasteiger partial charge >= 0.3 is 0 Å². The number of rotatable bonds is 7. The fourth-order valence-electron chi connectivity index (χ4n) is 1.68. The van der Waals surface area contributed by atoms with Crippen LogP contribution in [0.25, 0.3) is 0 Å². The normalized spacial score (nSPS) is 11.7. The number of nitrogens with zero attached hydrogens (tertiary/aromatic N) is 2. The summed E-state index contributed by atoms with van der Waals surface area (Å²) >= 11 is 0. The summed E-state index contributed by atoms with van der Waals surface area (Å²) in [5, 5.41) is 3.15. The lowest BCUT2D eigenvalue weighted by molar-refractivity contribution is 0.659. The van der Waals surface area contributed by atoms with Gasteiger partial charge in [-0.3, -0.25) is 4.99 Å². The van der Waals surface area contributed by atoms with Gasteiger partial charge in [-0.25, -0.2) is 0 Å². The third kappa shape index (κ3) is 6.70.